The predicted octanol–water partition coefficient (Wildman–Crippen LogP) is 8.09. The van der Waals surface area contributed by atoms with Crippen LogP contribution in [0.25, 0.3) is 11.1 Å². The lowest BCUT2D eigenvalue weighted by atomic mass is 9.82. The van der Waals surface area contributed by atoms with Crippen LogP contribution in [0, 0.1) is 6.92 Å². The molecule has 3 aromatic carbocycles. The van der Waals surface area contributed by atoms with Gasteiger partial charge in [0.15, 0.2) is 0 Å². The van der Waals surface area contributed by atoms with E-state index in [1.807, 2.05) is 0 Å². The molecule has 0 aromatic heterocycles. The molecule has 0 aliphatic carbocycles. The number of benzene rings is 3. The molecule has 0 radical (unpaired) electrons. The smallest absolute Gasteiger partial charge is 0.131 e. The zero-order valence-electron chi connectivity index (χ0n) is 17.9. The first-order chi connectivity index (χ1) is 13.4. The van der Waals surface area contributed by atoms with Crippen LogP contribution in [0.5, 0.6) is 11.5 Å². The van der Waals surface area contributed by atoms with Crippen molar-refractivity contribution in [1.29, 1.82) is 0 Å². The largest absolute Gasteiger partial charge is 0.457 e. The molecule has 0 bridgehead atoms. The molecule has 0 saturated carbocycles. The van der Waals surface area contributed by atoms with E-state index in [4.69, 9.17) is 4.74 Å². The second-order valence-corrected chi connectivity index (χ2v) is 8.30. The van der Waals surface area contributed by atoms with Gasteiger partial charge in [0.05, 0.1) is 0 Å². The predicted molar refractivity (Wildman–Crippen MR) is 120 cm³/mol. The Labute approximate surface area is 170 Å². The Morgan fingerprint density at radius 2 is 1.43 bits per heavy atom. The highest BCUT2D eigenvalue weighted by Gasteiger charge is 2.17. The van der Waals surface area contributed by atoms with E-state index >= 15 is 0 Å². The molecule has 0 unspecified atom stereocenters. The van der Waals surface area contributed by atoms with Gasteiger partial charge in [-0.05, 0) is 65.6 Å². The van der Waals surface area contributed by atoms with Crippen LogP contribution >= 0.6 is 0 Å². The Balaban J connectivity index is 1.91. The van der Waals surface area contributed by atoms with Crippen LogP contribution in [0.15, 0.2) is 66.7 Å². The minimum absolute atomic E-state index is 0.192. The van der Waals surface area contributed by atoms with Gasteiger partial charge in [-0.1, -0.05) is 88.2 Å². The second-order valence-electron chi connectivity index (χ2n) is 8.30. The molecule has 3 rings (SSSR count). The maximum atomic E-state index is 6.35. The van der Waals surface area contributed by atoms with Crippen LogP contribution < -0.4 is 4.74 Å². The SMILES string of the molecule is CCCc1ccc(-c2ccc(C)cc2)cc1Oc1ccc(C(C)(C)CC)cc1. The number of rotatable bonds is 7. The van der Waals surface area contributed by atoms with Crippen molar-refractivity contribution in [3.05, 3.63) is 83.4 Å². The lowest BCUT2D eigenvalue weighted by Crippen LogP contribution is -2.14. The van der Waals surface area contributed by atoms with E-state index in [0.717, 1.165) is 30.8 Å². The summed E-state index contributed by atoms with van der Waals surface area (Å²) in [6, 6.07) is 23.9. The molecule has 0 aliphatic heterocycles. The van der Waals surface area contributed by atoms with Gasteiger partial charge in [-0.2, -0.15) is 0 Å². The van der Waals surface area contributed by atoms with Gasteiger partial charge in [-0.15, -0.1) is 0 Å². The van der Waals surface area contributed by atoms with Crippen LogP contribution in [0.1, 0.15) is 57.2 Å². The van der Waals surface area contributed by atoms with Crippen molar-refractivity contribution in [3.63, 3.8) is 0 Å². The summed E-state index contributed by atoms with van der Waals surface area (Å²) in [5.41, 5.74) is 6.49. The van der Waals surface area contributed by atoms with E-state index in [2.05, 4.69) is 101 Å². The van der Waals surface area contributed by atoms with Crippen molar-refractivity contribution in [1.82, 2.24) is 0 Å². The van der Waals surface area contributed by atoms with Crippen LogP contribution in [0.2, 0.25) is 0 Å². The molecule has 0 amide bonds. The Morgan fingerprint density at radius 3 is 2.04 bits per heavy atom. The molecule has 0 N–H and O–H groups in total. The summed E-state index contributed by atoms with van der Waals surface area (Å²) in [6.45, 7) is 11.1. The van der Waals surface area contributed by atoms with Crippen LogP contribution in [-0.2, 0) is 11.8 Å². The van der Waals surface area contributed by atoms with Gasteiger partial charge in [-0.3, -0.25) is 0 Å². The summed E-state index contributed by atoms with van der Waals surface area (Å²) in [5.74, 6) is 1.86. The fourth-order valence-corrected chi connectivity index (χ4v) is 3.36. The van der Waals surface area contributed by atoms with Gasteiger partial charge < -0.3 is 4.74 Å². The van der Waals surface area contributed by atoms with Crippen molar-refractivity contribution in [2.75, 3.05) is 0 Å². The normalized spacial score (nSPS) is 11.5. The average Bonchev–Trinajstić information content (AvgIpc) is 2.70. The first kappa shape index (κ1) is 20.2. The highest BCUT2D eigenvalue weighted by molar-refractivity contribution is 5.66. The third-order valence-corrected chi connectivity index (χ3v) is 5.72. The fourth-order valence-electron chi connectivity index (χ4n) is 3.36. The molecule has 0 heterocycles. The molecule has 0 fully saturated rings. The number of hydrogen-bond donors (Lipinski definition) is 0. The molecule has 3 aromatic rings. The molecular weight excluding hydrogens is 340 g/mol. The van der Waals surface area contributed by atoms with E-state index in [9.17, 15) is 0 Å². The summed E-state index contributed by atoms with van der Waals surface area (Å²) < 4.78 is 6.35. The van der Waals surface area contributed by atoms with E-state index in [1.165, 1.54) is 27.8 Å². The van der Waals surface area contributed by atoms with Crippen molar-refractivity contribution in [3.8, 4) is 22.6 Å². The summed E-state index contributed by atoms with van der Waals surface area (Å²) in [7, 11) is 0. The Morgan fingerprint density at radius 1 is 0.786 bits per heavy atom. The van der Waals surface area contributed by atoms with Gasteiger partial charge in [0.1, 0.15) is 11.5 Å². The van der Waals surface area contributed by atoms with Crippen molar-refractivity contribution in [2.45, 2.75) is 59.3 Å². The van der Waals surface area contributed by atoms with Gasteiger partial charge in [0.25, 0.3) is 0 Å². The lowest BCUT2D eigenvalue weighted by molar-refractivity contribution is 0.472. The third-order valence-electron chi connectivity index (χ3n) is 5.72. The molecule has 0 spiro atoms. The topological polar surface area (TPSA) is 9.23 Å². The fraction of sp³-hybridized carbons (Fsp3) is 0.333. The van der Waals surface area contributed by atoms with Crippen LogP contribution in [-0.4, -0.2) is 0 Å². The molecule has 1 heteroatoms. The minimum atomic E-state index is 0.192. The zero-order valence-corrected chi connectivity index (χ0v) is 17.9. The van der Waals surface area contributed by atoms with E-state index in [0.29, 0.717) is 0 Å². The molecule has 1 nitrogen and oxygen atoms in total. The Bertz CT molecular complexity index is 902. The van der Waals surface area contributed by atoms with Gasteiger partial charge in [0.2, 0.25) is 0 Å². The molecule has 0 saturated heterocycles. The summed E-state index contributed by atoms with van der Waals surface area (Å²) >= 11 is 0. The van der Waals surface area contributed by atoms with Gasteiger partial charge in [0, 0.05) is 0 Å². The van der Waals surface area contributed by atoms with E-state index < -0.39 is 0 Å². The highest BCUT2D eigenvalue weighted by atomic mass is 16.5. The zero-order chi connectivity index (χ0) is 20.1. The summed E-state index contributed by atoms with van der Waals surface area (Å²) in [4.78, 5) is 0. The van der Waals surface area contributed by atoms with E-state index in [1.54, 1.807) is 0 Å². The molecule has 28 heavy (non-hydrogen) atoms. The minimum Gasteiger partial charge on any atom is -0.457 e. The van der Waals surface area contributed by atoms with Crippen molar-refractivity contribution >= 4 is 0 Å². The molecular formula is C27H32O. The number of hydrogen-bond acceptors (Lipinski definition) is 1. The summed E-state index contributed by atoms with van der Waals surface area (Å²) in [5, 5.41) is 0. The third kappa shape index (κ3) is 4.65. The van der Waals surface area contributed by atoms with Crippen molar-refractivity contribution < 1.29 is 4.74 Å². The molecule has 0 atom stereocenters. The summed E-state index contributed by atoms with van der Waals surface area (Å²) in [6.07, 6.45) is 3.24. The first-order valence-corrected chi connectivity index (χ1v) is 10.4. The second kappa shape index (κ2) is 8.65. The monoisotopic (exact) mass is 372 g/mol. The first-order valence-electron chi connectivity index (χ1n) is 10.4. The quantitative estimate of drug-likeness (QED) is 0.407. The highest BCUT2D eigenvalue weighted by Crippen LogP contribution is 2.33. The van der Waals surface area contributed by atoms with Crippen LogP contribution in [0.4, 0.5) is 0 Å². The Hall–Kier alpha value is -2.54. The van der Waals surface area contributed by atoms with Gasteiger partial charge in [-0.25, -0.2) is 0 Å². The lowest BCUT2D eigenvalue weighted by Gasteiger charge is -2.23. The average molecular weight is 373 g/mol. The number of ether oxygens (including phenoxy) is 1. The van der Waals surface area contributed by atoms with E-state index in [-0.39, 0.29) is 5.41 Å². The maximum absolute atomic E-state index is 6.35. The van der Waals surface area contributed by atoms with Gasteiger partial charge >= 0.3 is 0 Å². The maximum Gasteiger partial charge on any atom is 0.131 e. The molecule has 146 valence electrons. The Kier molecular flexibility index (Phi) is 6.24. The standard InChI is InChI=1S/C27H32O/c1-6-8-22-13-14-23(21-11-9-20(3)10-12-21)19-26(22)28-25-17-15-24(16-18-25)27(4,5)7-2/h9-19H,6-8H2,1-5H3. The van der Waals surface area contributed by atoms with Crippen molar-refractivity contribution in [2.24, 2.45) is 0 Å². The number of aryl methyl sites for hydroxylation is 2. The molecule has 0 aliphatic rings. The van der Waals surface area contributed by atoms with Crippen LogP contribution in [0.3, 0.4) is 0 Å².